The van der Waals surface area contributed by atoms with Gasteiger partial charge in [-0.1, -0.05) is 18.2 Å². The largest absolute Gasteiger partial charge is 0.496 e. The number of methoxy groups -OCH3 is 1. The summed E-state index contributed by atoms with van der Waals surface area (Å²) in [6.07, 6.45) is 4.87. The summed E-state index contributed by atoms with van der Waals surface area (Å²) in [5.74, 6) is 0.594. The van der Waals surface area contributed by atoms with Crippen molar-refractivity contribution in [2.24, 2.45) is 0 Å². The van der Waals surface area contributed by atoms with Crippen molar-refractivity contribution in [3.8, 4) is 11.4 Å². The minimum atomic E-state index is -0.251. The van der Waals surface area contributed by atoms with Crippen molar-refractivity contribution >= 4 is 0 Å². The number of halogens is 1. The number of nitrogens with zero attached hydrogens (tertiary/aromatic N) is 2. The highest BCUT2D eigenvalue weighted by atomic mass is 19.1. The minimum Gasteiger partial charge on any atom is -0.496 e. The number of rotatable bonds is 8. The molecule has 0 unspecified atom stereocenters. The van der Waals surface area contributed by atoms with Gasteiger partial charge < -0.3 is 14.8 Å². The number of fused-ring (bicyclic) bond motifs is 1. The molecule has 0 bridgehead atoms. The first-order chi connectivity index (χ1) is 14.7. The van der Waals surface area contributed by atoms with Gasteiger partial charge >= 0.3 is 0 Å². The van der Waals surface area contributed by atoms with Gasteiger partial charge in [0.1, 0.15) is 17.3 Å². The van der Waals surface area contributed by atoms with E-state index in [1.165, 1.54) is 11.6 Å². The lowest BCUT2D eigenvalue weighted by molar-refractivity contribution is 0.132. The highest BCUT2D eigenvalue weighted by molar-refractivity contribution is 5.39. The molecular weight excluding hydrogens is 381 g/mol. The van der Waals surface area contributed by atoms with Crippen LogP contribution >= 0.6 is 0 Å². The molecule has 5 nitrogen and oxygen atoms in total. The van der Waals surface area contributed by atoms with Crippen LogP contribution in [0.4, 0.5) is 4.39 Å². The lowest BCUT2D eigenvalue weighted by Crippen LogP contribution is -2.25. The molecule has 1 N–H and O–H groups in total. The predicted octanol–water partition coefficient (Wildman–Crippen LogP) is 4.72. The van der Waals surface area contributed by atoms with Crippen molar-refractivity contribution in [1.82, 2.24) is 15.1 Å². The second-order valence-corrected chi connectivity index (χ2v) is 7.52. The normalized spacial score (nSPS) is 15.8. The van der Waals surface area contributed by atoms with Gasteiger partial charge in [0.25, 0.3) is 0 Å². The lowest BCUT2D eigenvalue weighted by atomic mass is 9.92. The maximum absolute atomic E-state index is 14.3. The van der Waals surface area contributed by atoms with Crippen LogP contribution in [0.2, 0.25) is 0 Å². The Labute approximate surface area is 176 Å². The molecule has 1 atom stereocenters. The third-order valence-corrected chi connectivity index (χ3v) is 5.62. The van der Waals surface area contributed by atoms with Crippen molar-refractivity contribution in [1.29, 1.82) is 0 Å². The molecule has 1 aromatic heterocycles. The molecule has 3 aromatic rings. The summed E-state index contributed by atoms with van der Waals surface area (Å²) in [6, 6.07) is 13.2. The van der Waals surface area contributed by atoms with Crippen LogP contribution in [0, 0.1) is 5.82 Å². The number of benzene rings is 2. The summed E-state index contributed by atoms with van der Waals surface area (Å²) in [5, 5.41) is 8.17. The van der Waals surface area contributed by atoms with Gasteiger partial charge in [-0.2, -0.15) is 5.10 Å². The van der Waals surface area contributed by atoms with E-state index in [0.717, 1.165) is 48.4 Å². The number of nitrogens with one attached hydrogen (secondary N) is 1. The first kappa shape index (κ1) is 20.6. The number of hydrogen-bond donors (Lipinski definition) is 1. The third kappa shape index (κ3) is 4.25. The molecule has 2 aromatic carbocycles. The minimum absolute atomic E-state index is 0.201. The van der Waals surface area contributed by atoms with Gasteiger partial charge in [0, 0.05) is 36.0 Å². The summed E-state index contributed by atoms with van der Waals surface area (Å²) in [4.78, 5) is 0. The number of ether oxygens (including phenoxy) is 2. The van der Waals surface area contributed by atoms with E-state index < -0.39 is 0 Å². The van der Waals surface area contributed by atoms with E-state index >= 15 is 0 Å². The van der Waals surface area contributed by atoms with Crippen LogP contribution in [0.3, 0.4) is 0 Å². The molecule has 0 spiro atoms. The second-order valence-electron chi connectivity index (χ2n) is 7.52. The van der Waals surface area contributed by atoms with Gasteiger partial charge in [-0.05, 0) is 56.0 Å². The lowest BCUT2D eigenvalue weighted by Gasteiger charge is -2.24. The SMILES string of the molecule is CCOCc1cc(CN[C@H]2CCCc3c2cnn3-c2ccccc2F)ccc1OC. The Morgan fingerprint density at radius 2 is 2.10 bits per heavy atom. The molecule has 0 amide bonds. The number of para-hydroxylation sites is 1. The average molecular weight is 410 g/mol. The van der Waals surface area contributed by atoms with Gasteiger partial charge in [0.2, 0.25) is 0 Å². The molecule has 1 heterocycles. The van der Waals surface area contributed by atoms with Gasteiger partial charge in [-0.25, -0.2) is 9.07 Å². The monoisotopic (exact) mass is 409 g/mol. The maximum atomic E-state index is 14.3. The Hall–Kier alpha value is -2.70. The topological polar surface area (TPSA) is 48.3 Å². The first-order valence-electron chi connectivity index (χ1n) is 10.5. The van der Waals surface area contributed by atoms with Crippen LogP contribution in [-0.4, -0.2) is 23.5 Å². The zero-order valence-electron chi connectivity index (χ0n) is 17.5. The summed E-state index contributed by atoms with van der Waals surface area (Å²) in [6.45, 7) is 3.93. The van der Waals surface area contributed by atoms with Crippen LogP contribution in [0.1, 0.15) is 48.2 Å². The van der Waals surface area contributed by atoms with Gasteiger partial charge in [0.15, 0.2) is 0 Å². The molecule has 1 aliphatic carbocycles. The van der Waals surface area contributed by atoms with Crippen molar-refractivity contribution < 1.29 is 13.9 Å². The second kappa shape index (κ2) is 9.41. The van der Waals surface area contributed by atoms with Crippen molar-refractivity contribution in [2.45, 2.75) is 45.4 Å². The van der Waals surface area contributed by atoms with Crippen molar-refractivity contribution in [3.63, 3.8) is 0 Å². The molecule has 1 aliphatic rings. The first-order valence-corrected chi connectivity index (χ1v) is 10.5. The van der Waals surface area contributed by atoms with E-state index in [-0.39, 0.29) is 11.9 Å². The Kier molecular flexibility index (Phi) is 6.45. The van der Waals surface area contributed by atoms with E-state index in [2.05, 4.69) is 22.5 Å². The van der Waals surface area contributed by atoms with Crippen molar-refractivity contribution in [3.05, 3.63) is 76.9 Å². The van der Waals surface area contributed by atoms with Crippen molar-refractivity contribution in [2.75, 3.05) is 13.7 Å². The van der Waals surface area contributed by atoms with Gasteiger partial charge in [0.05, 0.1) is 19.9 Å². The molecule has 6 heteroatoms. The van der Waals surface area contributed by atoms with Crippen LogP contribution in [0.5, 0.6) is 5.75 Å². The van der Waals surface area contributed by atoms with Crippen LogP contribution in [-0.2, 0) is 24.3 Å². The standard InChI is InChI=1S/C24H28FN3O2/c1-3-30-16-18-13-17(11-12-24(18)29-2)14-26-21-8-6-10-22-19(21)15-27-28(22)23-9-5-4-7-20(23)25/h4-5,7,9,11-13,15,21,26H,3,6,8,10,14,16H2,1-2H3/t21-/m0/s1. The molecule has 0 saturated heterocycles. The molecule has 0 aliphatic heterocycles. The third-order valence-electron chi connectivity index (χ3n) is 5.62. The fraction of sp³-hybridized carbons (Fsp3) is 0.375. The Morgan fingerprint density at radius 3 is 2.90 bits per heavy atom. The zero-order valence-corrected chi connectivity index (χ0v) is 17.5. The Morgan fingerprint density at radius 1 is 1.23 bits per heavy atom. The zero-order chi connectivity index (χ0) is 20.9. The predicted molar refractivity (Wildman–Crippen MR) is 114 cm³/mol. The molecular formula is C24H28FN3O2. The summed E-state index contributed by atoms with van der Waals surface area (Å²) < 4.78 is 27.1. The fourth-order valence-corrected chi connectivity index (χ4v) is 4.11. The van der Waals surface area contributed by atoms with Crippen LogP contribution < -0.4 is 10.1 Å². The van der Waals surface area contributed by atoms with E-state index in [4.69, 9.17) is 9.47 Å². The van der Waals surface area contributed by atoms with E-state index in [9.17, 15) is 4.39 Å². The van der Waals surface area contributed by atoms with E-state index in [1.807, 2.05) is 25.3 Å². The highest BCUT2D eigenvalue weighted by Crippen LogP contribution is 2.32. The number of hydrogen-bond acceptors (Lipinski definition) is 4. The summed E-state index contributed by atoms with van der Waals surface area (Å²) >= 11 is 0. The van der Waals surface area contributed by atoms with Crippen LogP contribution in [0.25, 0.3) is 5.69 Å². The molecule has 0 saturated carbocycles. The van der Waals surface area contributed by atoms with Crippen LogP contribution in [0.15, 0.2) is 48.7 Å². The van der Waals surface area contributed by atoms with Gasteiger partial charge in [-0.3, -0.25) is 0 Å². The molecule has 30 heavy (non-hydrogen) atoms. The summed E-state index contributed by atoms with van der Waals surface area (Å²) in [5.41, 5.74) is 4.99. The maximum Gasteiger partial charge on any atom is 0.148 e. The van der Waals surface area contributed by atoms with E-state index in [1.54, 1.807) is 23.9 Å². The molecule has 158 valence electrons. The molecule has 0 radical (unpaired) electrons. The molecule has 4 rings (SSSR count). The quantitative estimate of drug-likeness (QED) is 0.585. The Bertz CT molecular complexity index is 1000. The van der Waals surface area contributed by atoms with Gasteiger partial charge in [-0.15, -0.1) is 0 Å². The number of aromatic nitrogens is 2. The smallest absolute Gasteiger partial charge is 0.148 e. The molecule has 0 fully saturated rings. The highest BCUT2D eigenvalue weighted by Gasteiger charge is 2.25. The summed E-state index contributed by atoms with van der Waals surface area (Å²) in [7, 11) is 1.68. The van der Waals surface area contributed by atoms with E-state index in [0.29, 0.717) is 18.9 Å². The average Bonchev–Trinajstić information content (AvgIpc) is 3.21. The fourth-order valence-electron chi connectivity index (χ4n) is 4.11. The Balaban J connectivity index is 1.51.